The van der Waals surface area contributed by atoms with E-state index in [1.54, 1.807) is 30.0 Å². The fourth-order valence-corrected chi connectivity index (χ4v) is 2.54. The molecule has 122 valence electrons. The lowest BCUT2D eigenvalue weighted by Gasteiger charge is -2.20. The van der Waals surface area contributed by atoms with E-state index < -0.39 is 5.54 Å². The van der Waals surface area contributed by atoms with Gasteiger partial charge in [-0.1, -0.05) is 13.3 Å². The molecular formula is C15H25N5O2. The number of aryl methyl sites for hydroxylation is 3. The lowest BCUT2D eigenvalue weighted by molar-refractivity contribution is 0.406. The Labute approximate surface area is 129 Å². The average Bonchev–Trinajstić information content (AvgIpc) is 2.70. The van der Waals surface area contributed by atoms with Crippen LogP contribution < -0.4 is 17.0 Å². The Morgan fingerprint density at radius 2 is 1.86 bits per heavy atom. The standard InChI is InChI=1S/C15H25N5O2/c1-6-7-8-19-12-11(18(5)10(2)17-12)13(21)20(14(19)22)9-15(3,4)16/h6-9,16H2,1-5H3. The topological polar surface area (TPSA) is 87.8 Å². The molecule has 0 saturated carbocycles. The summed E-state index contributed by atoms with van der Waals surface area (Å²) in [7, 11) is 1.79. The number of unbranched alkanes of at least 4 members (excludes halogenated alkanes) is 1. The molecule has 0 fully saturated rings. The van der Waals surface area contributed by atoms with Crippen LogP contribution in [0, 0.1) is 6.92 Å². The Bertz CT molecular complexity index is 804. The second-order valence-corrected chi connectivity index (χ2v) is 6.56. The van der Waals surface area contributed by atoms with Crippen molar-refractivity contribution in [1.29, 1.82) is 0 Å². The first kappa shape index (κ1) is 16.5. The molecule has 0 amide bonds. The minimum atomic E-state index is -0.646. The molecule has 0 saturated heterocycles. The van der Waals surface area contributed by atoms with Gasteiger partial charge in [0.25, 0.3) is 5.56 Å². The van der Waals surface area contributed by atoms with Crippen LogP contribution in [0.4, 0.5) is 0 Å². The number of nitrogens with two attached hydrogens (primary N) is 1. The molecule has 0 aliphatic heterocycles. The van der Waals surface area contributed by atoms with E-state index in [1.807, 2.05) is 6.92 Å². The van der Waals surface area contributed by atoms with Gasteiger partial charge in [0.1, 0.15) is 5.82 Å². The zero-order chi connectivity index (χ0) is 16.7. The Kier molecular flexibility index (Phi) is 4.28. The van der Waals surface area contributed by atoms with Gasteiger partial charge >= 0.3 is 5.69 Å². The van der Waals surface area contributed by atoms with E-state index in [-0.39, 0.29) is 17.8 Å². The third kappa shape index (κ3) is 2.85. The van der Waals surface area contributed by atoms with Crippen molar-refractivity contribution in [2.24, 2.45) is 12.8 Å². The fraction of sp³-hybridized carbons (Fsp3) is 0.667. The molecule has 22 heavy (non-hydrogen) atoms. The van der Waals surface area contributed by atoms with Crippen LogP contribution in [0.2, 0.25) is 0 Å². The third-order valence-electron chi connectivity index (χ3n) is 3.77. The Morgan fingerprint density at radius 3 is 2.41 bits per heavy atom. The number of rotatable bonds is 5. The summed E-state index contributed by atoms with van der Waals surface area (Å²) in [5.41, 5.74) is 5.63. The highest BCUT2D eigenvalue weighted by Gasteiger charge is 2.21. The van der Waals surface area contributed by atoms with Crippen molar-refractivity contribution in [3.63, 3.8) is 0 Å². The molecule has 0 aromatic carbocycles. The van der Waals surface area contributed by atoms with Gasteiger partial charge in [0.05, 0.1) is 0 Å². The van der Waals surface area contributed by atoms with Crippen molar-refractivity contribution < 1.29 is 0 Å². The number of hydrogen-bond acceptors (Lipinski definition) is 4. The fourth-order valence-electron chi connectivity index (χ4n) is 2.54. The normalized spacial score (nSPS) is 12.3. The summed E-state index contributed by atoms with van der Waals surface area (Å²) in [4.78, 5) is 29.9. The van der Waals surface area contributed by atoms with Crippen LogP contribution in [0.5, 0.6) is 0 Å². The van der Waals surface area contributed by atoms with Crippen LogP contribution in [0.25, 0.3) is 11.2 Å². The molecule has 7 heteroatoms. The molecule has 2 rings (SSSR count). The predicted octanol–water partition coefficient (Wildman–Crippen LogP) is 0.743. The second-order valence-electron chi connectivity index (χ2n) is 6.56. The summed E-state index contributed by atoms with van der Waals surface area (Å²) in [6.07, 6.45) is 1.82. The lowest BCUT2D eigenvalue weighted by atomic mass is 10.1. The second kappa shape index (κ2) is 5.72. The van der Waals surface area contributed by atoms with Crippen molar-refractivity contribution in [2.45, 2.75) is 59.2 Å². The van der Waals surface area contributed by atoms with Crippen molar-refractivity contribution in [3.05, 3.63) is 26.7 Å². The van der Waals surface area contributed by atoms with Gasteiger partial charge in [-0.15, -0.1) is 0 Å². The number of aromatic nitrogens is 4. The van der Waals surface area contributed by atoms with Crippen LogP contribution in [0.1, 0.15) is 39.4 Å². The lowest BCUT2D eigenvalue weighted by Crippen LogP contribution is -2.48. The first-order chi connectivity index (χ1) is 10.2. The highest BCUT2D eigenvalue weighted by Crippen LogP contribution is 2.10. The van der Waals surface area contributed by atoms with Crippen LogP contribution in [-0.2, 0) is 20.1 Å². The maximum atomic E-state index is 12.7. The number of imidazole rings is 1. The molecule has 0 spiro atoms. The summed E-state index contributed by atoms with van der Waals surface area (Å²) in [6, 6.07) is 0. The Hall–Kier alpha value is -1.89. The van der Waals surface area contributed by atoms with Crippen LogP contribution in [0.15, 0.2) is 9.59 Å². The molecule has 7 nitrogen and oxygen atoms in total. The highest BCUT2D eigenvalue weighted by molar-refractivity contribution is 5.70. The van der Waals surface area contributed by atoms with Gasteiger partial charge in [-0.2, -0.15) is 0 Å². The summed E-state index contributed by atoms with van der Waals surface area (Å²) >= 11 is 0. The van der Waals surface area contributed by atoms with Crippen LogP contribution in [-0.4, -0.2) is 24.2 Å². The monoisotopic (exact) mass is 307 g/mol. The quantitative estimate of drug-likeness (QED) is 0.882. The molecule has 0 atom stereocenters. The van der Waals surface area contributed by atoms with Gasteiger partial charge < -0.3 is 10.3 Å². The molecule has 2 aromatic heterocycles. The van der Waals surface area contributed by atoms with Gasteiger partial charge in [-0.3, -0.25) is 13.9 Å². The first-order valence-corrected chi connectivity index (χ1v) is 7.63. The van der Waals surface area contributed by atoms with E-state index in [1.165, 1.54) is 4.57 Å². The number of nitrogens with zero attached hydrogens (tertiary/aromatic N) is 4. The zero-order valence-corrected chi connectivity index (χ0v) is 14.0. The maximum absolute atomic E-state index is 12.7. The molecular weight excluding hydrogens is 282 g/mol. The van der Waals surface area contributed by atoms with Crippen molar-refractivity contribution >= 4 is 11.2 Å². The Morgan fingerprint density at radius 1 is 1.23 bits per heavy atom. The molecule has 0 aliphatic carbocycles. The largest absolute Gasteiger partial charge is 0.332 e. The molecule has 0 radical (unpaired) electrons. The van der Waals surface area contributed by atoms with Crippen molar-refractivity contribution in [3.8, 4) is 0 Å². The number of hydrogen-bond donors (Lipinski definition) is 1. The molecule has 0 bridgehead atoms. The van der Waals surface area contributed by atoms with Gasteiger partial charge in [0.15, 0.2) is 11.2 Å². The summed E-state index contributed by atoms with van der Waals surface area (Å²) < 4.78 is 4.57. The average molecular weight is 307 g/mol. The van der Waals surface area contributed by atoms with E-state index in [2.05, 4.69) is 11.9 Å². The minimum absolute atomic E-state index is 0.178. The smallest absolute Gasteiger partial charge is 0.325 e. The van der Waals surface area contributed by atoms with Gasteiger partial charge in [-0.25, -0.2) is 9.78 Å². The van der Waals surface area contributed by atoms with E-state index >= 15 is 0 Å². The van der Waals surface area contributed by atoms with Gasteiger partial charge in [0, 0.05) is 25.7 Å². The Balaban J connectivity index is 2.83. The molecule has 2 N–H and O–H groups in total. The first-order valence-electron chi connectivity index (χ1n) is 7.63. The van der Waals surface area contributed by atoms with Crippen LogP contribution in [0.3, 0.4) is 0 Å². The van der Waals surface area contributed by atoms with Gasteiger partial charge in [-0.05, 0) is 27.2 Å². The molecule has 2 heterocycles. The van der Waals surface area contributed by atoms with Crippen molar-refractivity contribution in [2.75, 3.05) is 0 Å². The summed E-state index contributed by atoms with van der Waals surface area (Å²) in [6.45, 7) is 8.21. The van der Waals surface area contributed by atoms with E-state index in [0.717, 1.165) is 12.8 Å². The van der Waals surface area contributed by atoms with Crippen LogP contribution >= 0.6 is 0 Å². The highest BCUT2D eigenvalue weighted by atomic mass is 16.2. The van der Waals surface area contributed by atoms with Crippen molar-refractivity contribution in [1.82, 2.24) is 18.7 Å². The van der Waals surface area contributed by atoms with E-state index in [0.29, 0.717) is 23.5 Å². The van der Waals surface area contributed by atoms with E-state index in [4.69, 9.17) is 5.73 Å². The molecule has 0 unspecified atom stereocenters. The maximum Gasteiger partial charge on any atom is 0.332 e. The SMILES string of the molecule is CCCCn1c(=O)n(CC(C)(C)N)c(=O)c2c1nc(C)n2C. The zero-order valence-electron chi connectivity index (χ0n) is 14.0. The minimum Gasteiger partial charge on any atom is -0.325 e. The summed E-state index contributed by atoms with van der Waals surface area (Å²) in [5, 5.41) is 0. The third-order valence-corrected chi connectivity index (χ3v) is 3.77. The predicted molar refractivity (Wildman–Crippen MR) is 87.1 cm³/mol. The number of fused-ring (bicyclic) bond motifs is 1. The summed E-state index contributed by atoms with van der Waals surface area (Å²) in [5.74, 6) is 0.710. The van der Waals surface area contributed by atoms with E-state index in [9.17, 15) is 9.59 Å². The molecule has 0 aliphatic rings. The van der Waals surface area contributed by atoms with Gasteiger partial charge in [0.2, 0.25) is 0 Å². The molecule has 2 aromatic rings.